The van der Waals surface area contributed by atoms with Crippen molar-refractivity contribution >= 4 is 29.0 Å². The van der Waals surface area contributed by atoms with Crippen LogP contribution in [0.4, 0.5) is 4.39 Å². The highest BCUT2D eigenvalue weighted by molar-refractivity contribution is 6.30. The van der Waals surface area contributed by atoms with Crippen molar-refractivity contribution in [2.24, 2.45) is 5.92 Å². The van der Waals surface area contributed by atoms with Crippen LogP contribution in [0, 0.1) is 25.6 Å². The molecule has 0 bridgehead atoms. The van der Waals surface area contributed by atoms with Crippen molar-refractivity contribution in [1.29, 1.82) is 0 Å². The van der Waals surface area contributed by atoms with Crippen LogP contribution in [0.15, 0.2) is 36.4 Å². The third kappa shape index (κ3) is 6.72. The van der Waals surface area contributed by atoms with Gasteiger partial charge in [-0.25, -0.2) is 18.7 Å². The molecule has 2 aromatic carbocycles. The number of aryl methyl sites for hydroxylation is 1. The van der Waals surface area contributed by atoms with Crippen LogP contribution in [-0.2, 0) is 22.4 Å². The van der Waals surface area contributed by atoms with E-state index in [0.29, 0.717) is 45.5 Å². The molecular weight excluding hydrogens is 617 g/mol. The Morgan fingerprint density at radius 3 is 2.38 bits per heavy atom. The lowest BCUT2D eigenvalue weighted by atomic mass is 9.84. The zero-order valence-electron chi connectivity index (χ0n) is 27.8. The molecule has 3 unspecified atom stereocenters. The average molecular weight is 660 g/mol. The number of benzene rings is 2. The molecule has 7 nitrogen and oxygen atoms in total. The molecule has 4 aromatic rings. The fourth-order valence-corrected chi connectivity index (χ4v) is 7.69. The Kier molecular flexibility index (Phi) is 9.29. The van der Waals surface area contributed by atoms with Crippen molar-refractivity contribution in [3.05, 3.63) is 86.4 Å². The minimum atomic E-state index is -1.39. The van der Waals surface area contributed by atoms with Gasteiger partial charge >= 0.3 is 5.97 Å². The number of carbonyl (C=O) groups is 2. The summed E-state index contributed by atoms with van der Waals surface area (Å²) in [6, 6.07) is 11.2. The van der Waals surface area contributed by atoms with Gasteiger partial charge in [0.2, 0.25) is 0 Å². The number of carboxylic acid groups (broad SMARTS) is 1. The van der Waals surface area contributed by atoms with Crippen LogP contribution >= 0.6 is 11.6 Å². The van der Waals surface area contributed by atoms with E-state index in [1.807, 2.05) is 19.1 Å². The first-order valence-electron chi connectivity index (χ1n) is 16.7. The summed E-state index contributed by atoms with van der Waals surface area (Å²) in [5, 5.41) is 16.0. The van der Waals surface area contributed by atoms with Gasteiger partial charge in [0.1, 0.15) is 11.5 Å². The molecule has 6 rings (SSSR count). The maximum absolute atomic E-state index is 15.8. The Bertz CT molecular complexity index is 1840. The minimum absolute atomic E-state index is 0.0496. The van der Waals surface area contributed by atoms with Gasteiger partial charge in [0, 0.05) is 33.8 Å². The van der Waals surface area contributed by atoms with Crippen LogP contribution in [0.1, 0.15) is 122 Å². The van der Waals surface area contributed by atoms with Crippen molar-refractivity contribution in [3.63, 3.8) is 0 Å². The molecule has 3 atom stereocenters. The number of nitrogens with zero attached hydrogens (tertiary/aromatic N) is 3. The molecule has 0 saturated heterocycles. The van der Waals surface area contributed by atoms with E-state index in [2.05, 4.69) is 12.1 Å². The number of hydrogen-bond donors (Lipinski definition) is 1. The predicted octanol–water partition coefficient (Wildman–Crippen LogP) is 9.17. The number of rotatable bonds is 7. The van der Waals surface area contributed by atoms with E-state index in [0.717, 1.165) is 68.1 Å². The maximum Gasteiger partial charge on any atom is 0.337 e. The van der Waals surface area contributed by atoms with Crippen molar-refractivity contribution in [2.75, 3.05) is 0 Å². The van der Waals surface area contributed by atoms with E-state index >= 15 is 4.39 Å². The van der Waals surface area contributed by atoms with Gasteiger partial charge in [-0.15, -0.1) is 0 Å². The summed E-state index contributed by atoms with van der Waals surface area (Å²) in [5.41, 5.74) is 5.38. The number of Topliss-reactive ketones (excluding diaryl/α,β-unsaturated/α-hetero) is 1. The number of hydrogen-bond acceptors (Lipinski definition) is 5. The van der Waals surface area contributed by atoms with E-state index in [1.165, 1.54) is 11.6 Å². The highest BCUT2D eigenvalue weighted by Gasteiger charge is 2.35. The maximum atomic E-state index is 15.8. The first kappa shape index (κ1) is 33.3. The fourth-order valence-electron chi connectivity index (χ4n) is 7.57. The number of ketones is 1. The number of fused-ring (bicyclic) bond motifs is 2. The fraction of sp³-hybridized carbons (Fsp3) is 0.474. The van der Waals surface area contributed by atoms with Crippen LogP contribution in [0.3, 0.4) is 0 Å². The predicted molar refractivity (Wildman–Crippen MR) is 181 cm³/mol. The summed E-state index contributed by atoms with van der Waals surface area (Å²) in [7, 11) is 0. The third-order valence-corrected chi connectivity index (χ3v) is 10.1. The molecule has 2 aliphatic rings. The van der Waals surface area contributed by atoms with E-state index in [-0.39, 0.29) is 23.2 Å². The normalized spacial score (nSPS) is 19.3. The lowest BCUT2D eigenvalue weighted by Gasteiger charge is -2.28. The van der Waals surface area contributed by atoms with Gasteiger partial charge in [-0.3, -0.25) is 4.79 Å². The van der Waals surface area contributed by atoms with E-state index in [1.54, 1.807) is 38.3 Å². The molecule has 1 N–H and O–H groups in total. The first-order chi connectivity index (χ1) is 22.3. The molecule has 0 aliphatic heterocycles. The number of carboxylic acids is 1. The summed E-state index contributed by atoms with van der Waals surface area (Å²) in [4.78, 5) is 31.6. The van der Waals surface area contributed by atoms with E-state index in [9.17, 15) is 14.7 Å². The second-order valence-corrected chi connectivity index (χ2v) is 14.7. The highest BCUT2D eigenvalue weighted by atomic mass is 35.5. The molecule has 0 spiro atoms. The molecule has 2 aromatic heterocycles. The number of aromatic nitrogens is 3. The Morgan fingerprint density at radius 2 is 1.70 bits per heavy atom. The second-order valence-electron chi connectivity index (χ2n) is 14.2. The van der Waals surface area contributed by atoms with Gasteiger partial charge < -0.3 is 9.84 Å². The van der Waals surface area contributed by atoms with Crippen LogP contribution in [0.25, 0.3) is 16.9 Å². The summed E-state index contributed by atoms with van der Waals surface area (Å²) in [6.45, 7) is 9.08. The zero-order valence-corrected chi connectivity index (χ0v) is 28.6. The van der Waals surface area contributed by atoms with Gasteiger partial charge in [0.05, 0.1) is 11.3 Å². The quantitative estimate of drug-likeness (QED) is 0.157. The molecular formula is C38H43ClFN3O4. The molecule has 248 valence electrons. The summed E-state index contributed by atoms with van der Waals surface area (Å²) >= 11 is 6.11. The molecule has 0 amide bonds. The van der Waals surface area contributed by atoms with Gasteiger partial charge in [-0.05, 0) is 132 Å². The number of ether oxygens (including phenoxy) is 1. The lowest BCUT2D eigenvalue weighted by Crippen LogP contribution is -2.29. The summed E-state index contributed by atoms with van der Waals surface area (Å²) in [5.74, 6) is -1.37. The van der Waals surface area contributed by atoms with Gasteiger partial charge in [-0.1, -0.05) is 30.2 Å². The van der Waals surface area contributed by atoms with Gasteiger partial charge in [0.15, 0.2) is 17.5 Å². The van der Waals surface area contributed by atoms with Crippen LogP contribution < -0.4 is 0 Å². The number of carbonyl (C=O) groups excluding carboxylic acids is 1. The van der Waals surface area contributed by atoms with Gasteiger partial charge in [-0.2, -0.15) is 5.10 Å². The second kappa shape index (κ2) is 13.1. The molecule has 9 heteroatoms. The molecule has 0 radical (unpaired) electrons. The van der Waals surface area contributed by atoms with E-state index in [4.69, 9.17) is 26.4 Å². The smallest absolute Gasteiger partial charge is 0.337 e. The van der Waals surface area contributed by atoms with Crippen molar-refractivity contribution in [1.82, 2.24) is 14.6 Å². The third-order valence-electron chi connectivity index (χ3n) is 9.86. The lowest BCUT2D eigenvalue weighted by molar-refractivity contribution is -0.160. The molecule has 1 fully saturated rings. The average Bonchev–Trinajstić information content (AvgIpc) is 3.29. The standard InChI is InChI=1S/C38H43ClFN3O4/c1-21-27-11-6-7-12-28(27)30(40)19-29(21)34-33(36(37(45)46)47-38(3,4)5)22(2)41-32-20-31(42-43(32)34)35(44)25-10-8-9-23(13-14-25)24-15-17-26(39)18-16-24/h15-20,23,25,36H,6-14H2,1-5H3,(H,45,46). The van der Waals surface area contributed by atoms with Crippen molar-refractivity contribution in [2.45, 2.75) is 110 Å². The summed E-state index contributed by atoms with van der Waals surface area (Å²) in [6.07, 6.45) is 6.21. The number of halogens is 2. The monoisotopic (exact) mass is 659 g/mol. The zero-order chi connectivity index (χ0) is 33.6. The molecule has 1 saturated carbocycles. The SMILES string of the molecule is Cc1nc2cc(C(=O)C3CCCC(c4ccc(Cl)cc4)CC3)nn2c(-c2cc(F)c3c(c2C)CCCC3)c1C(OC(C)(C)C)C(=O)O. The Hall–Kier alpha value is -3.62. The minimum Gasteiger partial charge on any atom is -0.479 e. The number of aliphatic carboxylic acids is 1. The van der Waals surface area contributed by atoms with Crippen LogP contribution in [0.2, 0.25) is 5.02 Å². The van der Waals surface area contributed by atoms with Crippen LogP contribution in [0.5, 0.6) is 0 Å². The highest BCUT2D eigenvalue weighted by Crippen LogP contribution is 2.41. The largest absolute Gasteiger partial charge is 0.479 e. The van der Waals surface area contributed by atoms with E-state index < -0.39 is 17.7 Å². The first-order valence-corrected chi connectivity index (χ1v) is 17.1. The molecule has 2 aliphatic carbocycles. The van der Waals surface area contributed by atoms with Crippen LogP contribution in [-0.4, -0.2) is 37.1 Å². The Labute approximate surface area is 280 Å². The van der Waals surface area contributed by atoms with Gasteiger partial charge in [0.25, 0.3) is 0 Å². The van der Waals surface area contributed by atoms with Crippen molar-refractivity contribution in [3.8, 4) is 11.3 Å². The van der Waals surface area contributed by atoms with Crippen molar-refractivity contribution < 1.29 is 23.8 Å². The Morgan fingerprint density at radius 1 is 1.00 bits per heavy atom. The topological polar surface area (TPSA) is 93.8 Å². The molecule has 2 heterocycles. The summed E-state index contributed by atoms with van der Waals surface area (Å²) < 4.78 is 23.5. The molecule has 47 heavy (non-hydrogen) atoms. The Balaban J connectivity index is 1.46.